The van der Waals surface area contributed by atoms with E-state index < -0.39 is 0 Å². The lowest BCUT2D eigenvalue weighted by Gasteiger charge is -2.15. The molecule has 40 heavy (non-hydrogen) atoms. The molecule has 5 rings (SSSR count). The number of aromatic amines is 1. The third kappa shape index (κ3) is 5.10. The summed E-state index contributed by atoms with van der Waals surface area (Å²) in [4.78, 5) is 17.7. The Hall–Kier alpha value is -4.79. The Balaban J connectivity index is 1.37. The summed E-state index contributed by atoms with van der Waals surface area (Å²) < 4.78 is 22.5. The van der Waals surface area contributed by atoms with Crippen LogP contribution in [0.4, 0.5) is 5.69 Å². The number of amides is 1. The average molecular weight is 541 g/mol. The largest absolute Gasteiger partial charge is 0.496 e. The molecule has 0 aliphatic carbocycles. The molecule has 2 heterocycles. The first kappa shape index (κ1) is 26.8. The summed E-state index contributed by atoms with van der Waals surface area (Å²) in [7, 11) is 4.65. The van der Waals surface area contributed by atoms with E-state index in [9.17, 15) is 4.79 Å². The fraction of sp³-hybridized carbons (Fsp3) is 0.258. The van der Waals surface area contributed by atoms with E-state index in [4.69, 9.17) is 23.6 Å². The summed E-state index contributed by atoms with van der Waals surface area (Å²) in [6.45, 7) is 6.31. The van der Waals surface area contributed by atoms with Crippen molar-refractivity contribution in [3.63, 3.8) is 0 Å². The van der Waals surface area contributed by atoms with E-state index in [-0.39, 0.29) is 12.3 Å². The number of fused-ring (bicyclic) bond motifs is 1. The Labute approximate surface area is 232 Å². The molecule has 0 radical (unpaired) electrons. The van der Waals surface area contributed by atoms with E-state index in [1.807, 2.05) is 31.2 Å². The highest BCUT2D eigenvalue weighted by molar-refractivity contribution is 5.93. The number of nitrogens with one attached hydrogen (secondary N) is 2. The van der Waals surface area contributed by atoms with Gasteiger partial charge in [-0.3, -0.25) is 9.89 Å². The number of rotatable bonds is 9. The van der Waals surface area contributed by atoms with Crippen LogP contribution in [0.15, 0.2) is 59.1 Å². The van der Waals surface area contributed by atoms with Crippen LogP contribution in [0.3, 0.4) is 0 Å². The lowest BCUT2D eigenvalue weighted by Crippen LogP contribution is -2.15. The van der Waals surface area contributed by atoms with Gasteiger partial charge in [-0.2, -0.15) is 5.10 Å². The van der Waals surface area contributed by atoms with Crippen molar-refractivity contribution >= 4 is 22.7 Å². The molecule has 0 aliphatic rings. The third-order valence-electron chi connectivity index (χ3n) is 6.88. The normalized spacial score (nSPS) is 11.2. The molecule has 2 N–H and O–H groups in total. The zero-order valence-corrected chi connectivity index (χ0v) is 23.4. The minimum Gasteiger partial charge on any atom is -0.496 e. The maximum Gasteiger partial charge on any atom is 0.231 e. The fourth-order valence-electron chi connectivity index (χ4n) is 4.73. The van der Waals surface area contributed by atoms with Gasteiger partial charge in [0.2, 0.25) is 11.8 Å². The van der Waals surface area contributed by atoms with Gasteiger partial charge in [0.25, 0.3) is 0 Å². The van der Waals surface area contributed by atoms with E-state index >= 15 is 0 Å². The molecule has 5 aromatic rings. The van der Waals surface area contributed by atoms with Crippen LogP contribution in [0, 0.1) is 6.92 Å². The first-order chi connectivity index (χ1) is 19.3. The second-order valence-electron chi connectivity index (χ2n) is 9.79. The number of ether oxygens (including phenoxy) is 3. The SMILES string of the molecule is COc1cc(OC)c(CC(=O)Nc2ccc(-c3[nH]ncc3-c3nc4c(C)ccc(C(C)C)c4o3)cc2)c(OC)c1. The van der Waals surface area contributed by atoms with Crippen molar-refractivity contribution in [3.05, 3.63) is 71.4 Å². The number of hydrogen-bond donors (Lipinski definition) is 2. The Morgan fingerprint density at radius 1 is 1.00 bits per heavy atom. The van der Waals surface area contributed by atoms with Gasteiger partial charge in [0.1, 0.15) is 22.8 Å². The molecule has 0 aliphatic heterocycles. The van der Waals surface area contributed by atoms with Crippen molar-refractivity contribution < 1.29 is 23.4 Å². The topological polar surface area (TPSA) is 112 Å². The molecular formula is C31H32N4O5. The Kier molecular flexibility index (Phi) is 7.46. The molecule has 0 fully saturated rings. The van der Waals surface area contributed by atoms with Crippen LogP contribution in [-0.2, 0) is 11.2 Å². The van der Waals surface area contributed by atoms with Gasteiger partial charge in [0, 0.05) is 28.9 Å². The standard InChI is InChI=1S/C31H32N4O5/c1-17(2)22-12-7-18(3)28-30(22)40-31(34-28)24-16-32-35-29(24)19-8-10-20(11-9-19)33-27(36)15-23-25(38-5)13-21(37-4)14-26(23)39-6/h7-14,16-17H,15H2,1-6H3,(H,32,35)(H,33,36). The molecule has 0 saturated heterocycles. The average Bonchev–Trinajstić information content (AvgIpc) is 3.62. The second kappa shape index (κ2) is 11.1. The molecule has 3 aromatic carbocycles. The van der Waals surface area contributed by atoms with Crippen molar-refractivity contribution in [1.82, 2.24) is 15.2 Å². The number of oxazole rings is 1. The molecule has 9 nitrogen and oxygen atoms in total. The van der Waals surface area contributed by atoms with E-state index in [1.54, 1.807) is 39.7 Å². The van der Waals surface area contributed by atoms with Gasteiger partial charge in [-0.15, -0.1) is 0 Å². The highest BCUT2D eigenvalue weighted by Crippen LogP contribution is 2.37. The Bertz CT molecular complexity index is 1640. The van der Waals surface area contributed by atoms with Gasteiger partial charge in [-0.1, -0.05) is 38.1 Å². The van der Waals surface area contributed by atoms with Crippen molar-refractivity contribution in [1.29, 1.82) is 0 Å². The summed E-state index contributed by atoms with van der Waals surface area (Å²) in [5.41, 5.74) is 7.56. The molecule has 0 unspecified atom stereocenters. The van der Waals surface area contributed by atoms with Crippen LogP contribution in [0.25, 0.3) is 33.8 Å². The molecule has 9 heteroatoms. The molecule has 206 valence electrons. The quantitative estimate of drug-likeness (QED) is 0.219. The number of carbonyl (C=O) groups is 1. The number of methoxy groups -OCH3 is 3. The van der Waals surface area contributed by atoms with Gasteiger partial charge >= 0.3 is 0 Å². The highest BCUT2D eigenvalue weighted by atomic mass is 16.5. The van der Waals surface area contributed by atoms with Crippen molar-refractivity contribution in [2.45, 2.75) is 33.1 Å². The number of aryl methyl sites for hydroxylation is 1. The van der Waals surface area contributed by atoms with Gasteiger partial charge < -0.3 is 23.9 Å². The molecule has 0 saturated carbocycles. The fourth-order valence-corrected chi connectivity index (χ4v) is 4.73. The van der Waals surface area contributed by atoms with Gasteiger partial charge in [0.05, 0.1) is 45.2 Å². The Morgan fingerprint density at radius 2 is 1.70 bits per heavy atom. The highest BCUT2D eigenvalue weighted by Gasteiger charge is 2.20. The molecule has 2 aromatic heterocycles. The second-order valence-corrected chi connectivity index (χ2v) is 9.79. The van der Waals surface area contributed by atoms with Gasteiger partial charge in [0.15, 0.2) is 5.58 Å². The molecule has 0 atom stereocenters. The smallest absolute Gasteiger partial charge is 0.231 e. The van der Waals surface area contributed by atoms with Crippen LogP contribution in [0.5, 0.6) is 17.2 Å². The van der Waals surface area contributed by atoms with E-state index in [2.05, 4.69) is 41.5 Å². The number of nitrogens with zero attached hydrogens (tertiary/aromatic N) is 2. The lowest BCUT2D eigenvalue weighted by atomic mass is 10.0. The third-order valence-corrected chi connectivity index (χ3v) is 6.88. The number of H-pyrrole nitrogens is 1. The summed E-state index contributed by atoms with van der Waals surface area (Å²) in [5, 5.41) is 10.3. The number of aromatic nitrogens is 3. The van der Waals surface area contributed by atoms with Crippen LogP contribution in [0.1, 0.15) is 36.5 Å². The summed E-state index contributed by atoms with van der Waals surface area (Å²) in [6.07, 6.45) is 1.79. The summed E-state index contributed by atoms with van der Waals surface area (Å²) in [5.74, 6) is 2.23. The van der Waals surface area contributed by atoms with Crippen molar-refractivity contribution in [3.8, 4) is 40.0 Å². The number of benzene rings is 3. The zero-order chi connectivity index (χ0) is 28.4. The zero-order valence-electron chi connectivity index (χ0n) is 23.4. The minimum absolute atomic E-state index is 0.0678. The number of anilines is 1. The Morgan fingerprint density at radius 3 is 2.33 bits per heavy atom. The molecule has 0 bridgehead atoms. The van der Waals surface area contributed by atoms with E-state index in [1.165, 1.54) is 0 Å². The van der Waals surface area contributed by atoms with Gasteiger partial charge in [-0.25, -0.2) is 4.98 Å². The first-order valence-electron chi connectivity index (χ1n) is 13.0. The molecule has 1 amide bonds. The predicted octanol–water partition coefficient (Wildman–Crippen LogP) is 6.52. The van der Waals surface area contributed by atoms with Crippen LogP contribution < -0.4 is 19.5 Å². The van der Waals surface area contributed by atoms with Crippen molar-refractivity contribution in [2.24, 2.45) is 0 Å². The molecular weight excluding hydrogens is 508 g/mol. The van der Waals surface area contributed by atoms with Crippen LogP contribution in [0.2, 0.25) is 0 Å². The van der Waals surface area contributed by atoms with E-state index in [0.29, 0.717) is 40.3 Å². The summed E-state index contributed by atoms with van der Waals surface area (Å²) in [6, 6.07) is 15.1. The van der Waals surface area contributed by atoms with E-state index in [0.717, 1.165) is 39.0 Å². The lowest BCUT2D eigenvalue weighted by molar-refractivity contribution is -0.115. The maximum absolute atomic E-state index is 12.9. The van der Waals surface area contributed by atoms with Crippen LogP contribution >= 0.6 is 0 Å². The van der Waals surface area contributed by atoms with Gasteiger partial charge in [-0.05, 0) is 36.1 Å². The van der Waals surface area contributed by atoms with Crippen molar-refractivity contribution in [2.75, 3.05) is 26.6 Å². The van der Waals surface area contributed by atoms with Crippen LogP contribution in [-0.4, -0.2) is 42.4 Å². The maximum atomic E-state index is 12.9. The minimum atomic E-state index is -0.209. The molecule has 0 spiro atoms. The number of carbonyl (C=O) groups excluding carboxylic acids is 1. The summed E-state index contributed by atoms with van der Waals surface area (Å²) >= 11 is 0. The monoisotopic (exact) mass is 540 g/mol. The first-order valence-corrected chi connectivity index (χ1v) is 13.0. The predicted molar refractivity (Wildman–Crippen MR) is 154 cm³/mol. The number of hydrogen-bond acceptors (Lipinski definition) is 7.